The Morgan fingerprint density at radius 1 is 1.35 bits per heavy atom. The second-order valence-electron chi connectivity index (χ2n) is 4.90. The lowest BCUT2D eigenvalue weighted by molar-refractivity contribution is 0.0849. The molecule has 2 heterocycles. The second kappa shape index (κ2) is 5.47. The minimum Gasteiger partial charge on any atom is -0.384 e. The first-order chi connectivity index (χ1) is 8.16. The predicted octanol–water partition coefficient (Wildman–Crippen LogP) is 1.62. The van der Waals surface area contributed by atoms with Crippen LogP contribution in [0.1, 0.15) is 30.0 Å². The van der Waals surface area contributed by atoms with Gasteiger partial charge in [-0.3, -0.25) is 0 Å². The molecular weight excluding hydrogens is 214 g/mol. The maximum Gasteiger partial charge on any atom is 0.123 e. The third-order valence-electron chi connectivity index (χ3n) is 3.16. The van der Waals surface area contributed by atoms with E-state index in [4.69, 9.17) is 10.5 Å². The number of anilines is 1. The normalized spacial score (nSPS) is 17.6. The average Bonchev–Trinajstić information content (AvgIpc) is 2.29. The molecule has 4 heteroatoms. The summed E-state index contributed by atoms with van der Waals surface area (Å²) in [6.45, 7) is 2.56. The van der Waals surface area contributed by atoms with Crippen LogP contribution in [0.5, 0.6) is 0 Å². The summed E-state index contributed by atoms with van der Waals surface area (Å²) in [6.07, 6.45) is 2.18. The van der Waals surface area contributed by atoms with Crippen LogP contribution in [0.15, 0.2) is 12.1 Å². The molecule has 1 fully saturated rings. The standard InChI is InChI=1S/C13H21N3O/c1-16(2)9-12-11(3-4-13(14)15-12)10-5-7-17-8-6-10/h3-4,10H,5-9H2,1-2H3,(H2,14,15). The van der Waals surface area contributed by atoms with E-state index in [1.54, 1.807) is 0 Å². The van der Waals surface area contributed by atoms with Crippen LogP contribution in [-0.2, 0) is 11.3 Å². The topological polar surface area (TPSA) is 51.4 Å². The van der Waals surface area contributed by atoms with Gasteiger partial charge in [0.25, 0.3) is 0 Å². The lowest BCUT2D eigenvalue weighted by Crippen LogP contribution is -2.19. The van der Waals surface area contributed by atoms with Crippen molar-refractivity contribution in [2.24, 2.45) is 0 Å². The highest BCUT2D eigenvalue weighted by atomic mass is 16.5. The molecule has 0 aromatic carbocycles. The molecule has 0 unspecified atom stereocenters. The Morgan fingerprint density at radius 2 is 2.06 bits per heavy atom. The SMILES string of the molecule is CN(C)Cc1nc(N)ccc1C1CCOCC1. The summed E-state index contributed by atoms with van der Waals surface area (Å²) in [4.78, 5) is 6.61. The predicted molar refractivity (Wildman–Crippen MR) is 68.8 cm³/mol. The van der Waals surface area contributed by atoms with Gasteiger partial charge in [-0.1, -0.05) is 6.07 Å². The largest absolute Gasteiger partial charge is 0.384 e. The fraction of sp³-hybridized carbons (Fsp3) is 0.615. The molecule has 1 aromatic heterocycles. The summed E-state index contributed by atoms with van der Waals surface area (Å²) in [5.41, 5.74) is 8.24. The van der Waals surface area contributed by atoms with Crippen LogP contribution in [0.4, 0.5) is 5.82 Å². The van der Waals surface area contributed by atoms with Crippen molar-refractivity contribution in [3.63, 3.8) is 0 Å². The van der Waals surface area contributed by atoms with Crippen LogP contribution in [0.3, 0.4) is 0 Å². The van der Waals surface area contributed by atoms with Crippen LogP contribution in [0, 0.1) is 0 Å². The number of hydrogen-bond donors (Lipinski definition) is 1. The maximum atomic E-state index is 5.78. The van der Waals surface area contributed by atoms with Crippen LogP contribution in [-0.4, -0.2) is 37.2 Å². The Morgan fingerprint density at radius 3 is 2.71 bits per heavy atom. The van der Waals surface area contributed by atoms with E-state index in [2.05, 4.69) is 30.0 Å². The van der Waals surface area contributed by atoms with Crippen molar-refractivity contribution < 1.29 is 4.74 Å². The molecule has 1 aliphatic rings. The van der Waals surface area contributed by atoms with Crippen molar-refractivity contribution in [1.29, 1.82) is 0 Å². The summed E-state index contributed by atoms with van der Waals surface area (Å²) >= 11 is 0. The van der Waals surface area contributed by atoms with E-state index in [1.807, 2.05) is 6.07 Å². The van der Waals surface area contributed by atoms with Crippen LogP contribution in [0.25, 0.3) is 0 Å². The summed E-state index contributed by atoms with van der Waals surface area (Å²) in [7, 11) is 4.11. The van der Waals surface area contributed by atoms with Gasteiger partial charge in [0, 0.05) is 19.8 Å². The van der Waals surface area contributed by atoms with Crippen molar-refractivity contribution in [2.75, 3.05) is 33.0 Å². The third-order valence-corrected chi connectivity index (χ3v) is 3.16. The molecule has 2 rings (SSSR count). The zero-order valence-electron chi connectivity index (χ0n) is 10.6. The minimum absolute atomic E-state index is 0.576. The van der Waals surface area contributed by atoms with Gasteiger partial charge < -0.3 is 15.4 Å². The van der Waals surface area contributed by atoms with Crippen LogP contribution < -0.4 is 5.73 Å². The Kier molecular flexibility index (Phi) is 3.97. The van der Waals surface area contributed by atoms with Crippen molar-refractivity contribution >= 4 is 5.82 Å². The molecule has 0 radical (unpaired) electrons. The molecule has 0 aliphatic carbocycles. The van der Waals surface area contributed by atoms with Crippen LogP contribution >= 0.6 is 0 Å². The first kappa shape index (κ1) is 12.3. The number of nitrogen functional groups attached to an aromatic ring is 1. The zero-order valence-corrected chi connectivity index (χ0v) is 10.6. The number of ether oxygens (including phenoxy) is 1. The molecule has 4 nitrogen and oxygen atoms in total. The molecule has 0 amide bonds. The van der Waals surface area contributed by atoms with Crippen molar-refractivity contribution in [3.8, 4) is 0 Å². The molecule has 0 spiro atoms. The van der Waals surface area contributed by atoms with Crippen molar-refractivity contribution in [2.45, 2.75) is 25.3 Å². The highest BCUT2D eigenvalue weighted by Crippen LogP contribution is 2.29. The minimum atomic E-state index is 0.576. The number of pyridine rings is 1. The fourth-order valence-corrected chi connectivity index (χ4v) is 2.34. The highest BCUT2D eigenvalue weighted by Gasteiger charge is 2.19. The van der Waals surface area contributed by atoms with E-state index in [0.29, 0.717) is 11.7 Å². The lowest BCUT2D eigenvalue weighted by Gasteiger charge is -2.25. The first-order valence-electron chi connectivity index (χ1n) is 6.14. The molecule has 1 aromatic rings. The number of aromatic nitrogens is 1. The Balaban J connectivity index is 2.24. The average molecular weight is 235 g/mol. The third kappa shape index (κ3) is 3.17. The van der Waals surface area contributed by atoms with Gasteiger partial charge in [0.15, 0.2) is 0 Å². The van der Waals surface area contributed by atoms with Crippen molar-refractivity contribution in [3.05, 3.63) is 23.4 Å². The first-order valence-corrected chi connectivity index (χ1v) is 6.14. The van der Waals surface area contributed by atoms with Gasteiger partial charge in [-0.05, 0) is 44.5 Å². The quantitative estimate of drug-likeness (QED) is 0.865. The summed E-state index contributed by atoms with van der Waals surface area (Å²) in [5.74, 6) is 1.18. The van der Waals surface area contributed by atoms with E-state index in [1.165, 1.54) is 5.56 Å². The number of rotatable bonds is 3. The van der Waals surface area contributed by atoms with Crippen molar-refractivity contribution in [1.82, 2.24) is 9.88 Å². The zero-order chi connectivity index (χ0) is 12.3. The second-order valence-corrected chi connectivity index (χ2v) is 4.90. The molecule has 1 saturated heterocycles. The van der Waals surface area contributed by atoms with E-state index >= 15 is 0 Å². The molecule has 0 saturated carbocycles. The van der Waals surface area contributed by atoms with Gasteiger partial charge in [-0.2, -0.15) is 0 Å². The van der Waals surface area contributed by atoms with Gasteiger partial charge in [-0.15, -0.1) is 0 Å². The molecule has 0 atom stereocenters. The van der Waals surface area contributed by atoms with E-state index in [0.717, 1.165) is 38.3 Å². The molecule has 0 bridgehead atoms. The Hall–Kier alpha value is -1.13. The molecule has 17 heavy (non-hydrogen) atoms. The number of nitrogens with two attached hydrogens (primary N) is 1. The summed E-state index contributed by atoms with van der Waals surface area (Å²) in [6, 6.07) is 4.04. The molecule has 1 aliphatic heterocycles. The number of hydrogen-bond acceptors (Lipinski definition) is 4. The van der Waals surface area contributed by atoms with Gasteiger partial charge in [0.05, 0.1) is 5.69 Å². The molecule has 94 valence electrons. The van der Waals surface area contributed by atoms with Gasteiger partial charge >= 0.3 is 0 Å². The van der Waals surface area contributed by atoms with Crippen LogP contribution in [0.2, 0.25) is 0 Å². The Bertz CT molecular complexity index is 373. The maximum absolute atomic E-state index is 5.78. The molecular formula is C13H21N3O. The summed E-state index contributed by atoms with van der Waals surface area (Å²) in [5, 5.41) is 0. The highest BCUT2D eigenvalue weighted by molar-refractivity contribution is 5.36. The smallest absolute Gasteiger partial charge is 0.123 e. The van der Waals surface area contributed by atoms with Gasteiger partial charge in [0.2, 0.25) is 0 Å². The number of nitrogens with zero attached hydrogens (tertiary/aromatic N) is 2. The van der Waals surface area contributed by atoms with Gasteiger partial charge in [-0.25, -0.2) is 4.98 Å². The van der Waals surface area contributed by atoms with E-state index < -0.39 is 0 Å². The monoisotopic (exact) mass is 235 g/mol. The van der Waals surface area contributed by atoms with Gasteiger partial charge in [0.1, 0.15) is 5.82 Å². The molecule has 2 N–H and O–H groups in total. The lowest BCUT2D eigenvalue weighted by atomic mass is 9.90. The van der Waals surface area contributed by atoms with E-state index in [9.17, 15) is 0 Å². The Labute approximate surface area is 103 Å². The summed E-state index contributed by atoms with van der Waals surface area (Å²) < 4.78 is 5.41. The van der Waals surface area contributed by atoms with E-state index in [-0.39, 0.29) is 0 Å². The fourth-order valence-electron chi connectivity index (χ4n) is 2.34.